The first-order chi connectivity index (χ1) is 10.1. The van der Waals surface area contributed by atoms with Gasteiger partial charge in [-0.2, -0.15) is 0 Å². The maximum atomic E-state index is 12.0. The molecule has 1 aliphatic rings. The maximum absolute atomic E-state index is 12.0. The van der Waals surface area contributed by atoms with Crippen molar-refractivity contribution in [1.82, 2.24) is 10.6 Å². The van der Waals surface area contributed by atoms with E-state index in [4.69, 9.17) is 4.74 Å². The van der Waals surface area contributed by atoms with Crippen LogP contribution in [0.3, 0.4) is 0 Å². The molecular weight excluding hydrogens is 272 g/mol. The molecule has 3 N–H and O–H groups in total. The average Bonchev–Trinajstić information content (AvgIpc) is 2.46. The second-order valence-corrected chi connectivity index (χ2v) is 5.77. The van der Waals surface area contributed by atoms with Crippen molar-refractivity contribution in [2.75, 3.05) is 13.7 Å². The fraction of sp³-hybridized carbons (Fsp3) is 0.867. The first-order valence-corrected chi connectivity index (χ1v) is 7.87. The SMILES string of the molecule is CCCC(COC)NC(=O)NC(C(=O)O)C1CCCCC1. The molecule has 0 saturated heterocycles. The van der Waals surface area contributed by atoms with Crippen LogP contribution in [0.1, 0.15) is 51.9 Å². The zero-order chi connectivity index (χ0) is 15.7. The van der Waals surface area contributed by atoms with Crippen molar-refractivity contribution >= 4 is 12.0 Å². The number of urea groups is 1. The Morgan fingerprint density at radius 2 is 1.90 bits per heavy atom. The van der Waals surface area contributed by atoms with Gasteiger partial charge >= 0.3 is 12.0 Å². The maximum Gasteiger partial charge on any atom is 0.326 e. The van der Waals surface area contributed by atoms with E-state index in [0.717, 1.165) is 44.9 Å². The molecule has 2 atom stereocenters. The molecule has 1 aliphatic carbocycles. The number of carbonyl (C=O) groups is 2. The third-order valence-corrected chi connectivity index (χ3v) is 4.01. The zero-order valence-corrected chi connectivity index (χ0v) is 13.1. The Labute approximate surface area is 126 Å². The smallest absolute Gasteiger partial charge is 0.326 e. The second kappa shape index (κ2) is 9.60. The highest BCUT2D eigenvalue weighted by Gasteiger charge is 2.31. The number of amides is 2. The lowest BCUT2D eigenvalue weighted by Crippen LogP contribution is -2.52. The molecule has 2 amide bonds. The van der Waals surface area contributed by atoms with E-state index >= 15 is 0 Å². The first-order valence-electron chi connectivity index (χ1n) is 7.87. The number of carbonyl (C=O) groups excluding carboxylic acids is 1. The monoisotopic (exact) mass is 300 g/mol. The largest absolute Gasteiger partial charge is 0.480 e. The number of carboxylic acids is 1. The Hall–Kier alpha value is -1.30. The number of carboxylic acid groups (broad SMARTS) is 1. The van der Waals surface area contributed by atoms with Gasteiger partial charge in [0.15, 0.2) is 0 Å². The van der Waals surface area contributed by atoms with E-state index in [0.29, 0.717) is 6.61 Å². The molecule has 6 heteroatoms. The van der Waals surface area contributed by atoms with Crippen molar-refractivity contribution in [2.45, 2.75) is 64.0 Å². The van der Waals surface area contributed by atoms with Crippen LogP contribution in [0.15, 0.2) is 0 Å². The van der Waals surface area contributed by atoms with E-state index in [1.165, 1.54) is 0 Å². The lowest BCUT2D eigenvalue weighted by molar-refractivity contribution is -0.141. The van der Waals surface area contributed by atoms with Crippen LogP contribution in [0.2, 0.25) is 0 Å². The number of hydrogen-bond donors (Lipinski definition) is 3. The van der Waals surface area contributed by atoms with Gasteiger partial charge in [0.2, 0.25) is 0 Å². The van der Waals surface area contributed by atoms with E-state index in [9.17, 15) is 14.7 Å². The Morgan fingerprint density at radius 3 is 2.43 bits per heavy atom. The van der Waals surface area contributed by atoms with Crippen molar-refractivity contribution in [3.05, 3.63) is 0 Å². The van der Waals surface area contributed by atoms with Gasteiger partial charge in [0, 0.05) is 7.11 Å². The van der Waals surface area contributed by atoms with Crippen LogP contribution in [0.4, 0.5) is 4.79 Å². The third-order valence-electron chi connectivity index (χ3n) is 4.01. The van der Waals surface area contributed by atoms with Crippen molar-refractivity contribution < 1.29 is 19.4 Å². The lowest BCUT2D eigenvalue weighted by atomic mass is 9.84. The van der Waals surface area contributed by atoms with Crippen molar-refractivity contribution in [3.8, 4) is 0 Å². The molecule has 0 aromatic rings. The highest BCUT2D eigenvalue weighted by molar-refractivity contribution is 5.82. The van der Waals surface area contributed by atoms with Crippen LogP contribution in [-0.4, -0.2) is 42.9 Å². The summed E-state index contributed by atoms with van der Waals surface area (Å²) < 4.78 is 5.07. The predicted octanol–water partition coefficient (Wildman–Crippen LogP) is 2.13. The van der Waals surface area contributed by atoms with Crippen molar-refractivity contribution in [3.63, 3.8) is 0 Å². The van der Waals surface area contributed by atoms with Crippen LogP contribution >= 0.6 is 0 Å². The zero-order valence-electron chi connectivity index (χ0n) is 13.1. The van der Waals surface area contributed by atoms with E-state index in [1.54, 1.807) is 7.11 Å². The van der Waals surface area contributed by atoms with Crippen LogP contribution in [0.5, 0.6) is 0 Å². The molecule has 122 valence electrons. The molecule has 0 aromatic carbocycles. The van der Waals surface area contributed by atoms with Crippen molar-refractivity contribution in [2.24, 2.45) is 5.92 Å². The van der Waals surface area contributed by atoms with Crippen LogP contribution < -0.4 is 10.6 Å². The Bertz CT molecular complexity index is 324. The molecule has 1 saturated carbocycles. The number of methoxy groups -OCH3 is 1. The molecule has 0 spiro atoms. The molecule has 6 nitrogen and oxygen atoms in total. The molecule has 0 bridgehead atoms. The Kier molecular flexibility index (Phi) is 8.12. The molecular formula is C15H28N2O4. The minimum absolute atomic E-state index is 0.0362. The standard InChI is InChI=1S/C15H28N2O4/c1-3-7-12(10-21-2)16-15(20)17-13(14(18)19)11-8-5-4-6-9-11/h11-13H,3-10H2,1-2H3,(H,18,19)(H2,16,17,20). The summed E-state index contributed by atoms with van der Waals surface area (Å²) >= 11 is 0. The number of aliphatic carboxylic acids is 1. The number of rotatable bonds is 8. The fourth-order valence-electron chi connectivity index (χ4n) is 2.96. The Morgan fingerprint density at radius 1 is 1.24 bits per heavy atom. The van der Waals surface area contributed by atoms with Crippen molar-refractivity contribution in [1.29, 1.82) is 0 Å². The predicted molar refractivity (Wildman–Crippen MR) is 80.2 cm³/mol. The average molecular weight is 300 g/mol. The number of nitrogens with one attached hydrogen (secondary N) is 2. The van der Waals surface area contributed by atoms with E-state index < -0.39 is 18.0 Å². The molecule has 2 unspecified atom stereocenters. The van der Waals surface area contributed by atoms with E-state index in [1.807, 2.05) is 6.92 Å². The minimum atomic E-state index is -0.948. The molecule has 0 aliphatic heterocycles. The first kappa shape index (κ1) is 17.8. The van der Waals surface area contributed by atoms with Gasteiger partial charge in [0.05, 0.1) is 12.6 Å². The molecule has 0 aromatic heterocycles. The molecule has 1 fully saturated rings. The normalized spacial score (nSPS) is 18.8. The number of ether oxygens (including phenoxy) is 1. The van der Waals surface area contributed by atoms with Gasteiger partial charge in [-0.05, 0) is 25.2 Å². The summed E-state index contributed by atoms with van der Waals surface area (Å²) in [7, 11) is 1.59. The van der Waals surface area contributed by atoms with Gasteiger partial charge in [-0.1, -0.05) is 32.6 Å². The van der Waals surface area contributed by atoms with Gasteiger partial charge < -0.3 is 20.5 Å². The summed E-state index contributed by atoms with van der Waals surface area (Å²) in [6.07, 6.45) is 6.71. The summed E-state index contributed by atoms with van der Waals surface area (Å²) in [6, 6.07) is -1.29. The second-order valence-electron chi connectivity index (χ2n) is 5.77. The topological polar surface area (TPSA) is 87.7 Å². The number of hydrogen-bond acceptors (Lipinski definition) is 3. The summed E-state index contributed by atoms with van der Waals surface area (Å²) in [6.45, 7) is 2.47. The highest BCUT2D eigenvalue weighted by Crippen LogP contribution is 2.26. The highest BCUT2D eigenvalue weighted by atomic mass is 16.5. The summed E-state index contributed by atoms with van der Waals surface area (Å²) in [5.74, 6) is -0.912. The quantitative estimate of drug-likeness (QED) is 0.641. The molecule has 0 radical (unpaired) electrons. The third kappa shape index (κ3) is 6.33. The molecule has 0 heterocycles. The van der Waals surface area contributed by atoms with Gasteiger partial charge in [0.1, 0.15) is 6.04 Å². The van der Waals surface area contributed by atoms with Gasteiger partial charge in [-0.3, -0.25) is 0 Å². The Balaban J connectivity index is 2.52. The van der Waals surface area contributed by atoms with Gasteiger partial charge in [-0.25, -0.2) is 9.59 Å². The van der Waals surface area contributed by atoms with E-state index in [2.05, 4.69) is 10.6 Å². The van der Waals surface area contributed by atoms with Crippen LogP contribution in [0, 0.1) is 5.92 Å². The minimum Gasteiger partial charge on any atom is -0.480 e. The molecule has 1 rings (SSSR count). The summed E-state index contributed by atoms with van der Waals surface area (Å²) in [4.78, 5) is 23.4. The van der Waals surface area contributed by atoms with Gasteiger partial charge in [0.25, 0.3) is 0 Å². The van der Waals surface area contributed by atoms with E-state index in [-0.39, 0.29) is 12.0 Å². The van der Waals surface area contributed by atoms with Crippen LogP contribution in [-0.2, 0) is 9.53 Å². The summed E-state index contributed by atoms with van der Waals surface area (Å²) in [5.41, 5.74) is 0. The van der Waals surface area contributed by atoms with Crippen LogP contribution in [0.25, 0.3) is 0 Å². The summed E-state index contributed by atoms with van der Waals surface area (Å²) in [5, 5.41) is 14.8. The lowest BCUT2D eigenvalue weighted by Gasteiger charge is -2.28. The molecule has 21 heavy (non-hydrogen) atoms. The fourth-order valence-corrected chi connectivity index (χ4v) is 2.96. The van der Waals surface area contributed by atoms with Gasteiger partial charge in [-0.15, -0.1) is 0 Å².